The van der Waals surface area contributed by atoms with E-state index < -0.39 is 10.0 Å². The molecule has 2 aliphatic heterocycles. The molecule has 0 spiro atoms. The highest BCUT2D eigenvalue weighted by molar-refractivity contribution is 7.90. The number of carbonyl (C=O) groups is 1. The summed E-state index contributed by atoms with van der Waals surface area (Å²) in [5, 5.41) is 0.838. The molecule has 3 heterocycles. The number of benzene rings is 2. The minimum Gasteiger partial charge on any atom is -0.496 e. The van der Waals surface area contributed by atoms with Gasteiger partial charge >= 0.3 is 0 Å². The van der Waals surface area contributed by atoms with Gasteiger partial charge in [-0.3, -0.25) is 9.69 Å². The van der Waals surface area contributed by atoms with Gasteiger partial charge in [-0.1, -0.05) is 30.7 Å². The van der Waals surface area contributed by atoms with E-state index in [0.717, 1.165) is 41.6 Å². The first kappa shape index (κ1) is 21.2. The van der Waals surface area contributed by atoms with Crippen molar-refractivity contribution in [3.63, 3.8) is 0 Å². The Bertz CT molecular complexity index is 1310. The summed E-state index contributed by atoms with van der Waals surface area (Å²) in [7, 11) is -2.26. The number of piperidine rings is 1. The number of hydrogen-bond acceptors (Lipinski definition) is 5. The van der Waals surface area contributed by atoms with Crippen molar-refractivity contribution in [3.8, 4) is 5.75 Å². The van der Waals surface area contributed by atoms with Crippen molar-refractivity contribution in [3.05, 3.63) is 59.3 Å². The summed E-state index contributed by atoms with van der Waals surface area (Å²) in [6.07, 6.45) is 1.88. The second kappa shape index (κ2) is 7.74. The van der Waals surface area contributed by atoms with E-state index in [2.05, 4.69) is 4.90 Å². The standard InChI is InChI=1S/C25H28N2O4S/c1-4-17-15-26-13-12-19-24-20(6-5-7-23(24)31-3)27(25(19)21(26)14-22(17)28)32(29,30)18-10-8-16(2)9-11-18/h5-11,17,21H,4,12-15H2,1-3H3/t17-,21+/m0/s1. The van der Waals surface area contributed by atoms with Gasteiger partial charge in [-0.2, -0.15) is 0 Å². The van der Waals surface area contributed by atoms with Crippen molar-refractivity contribution in [2.45, 2.75) is 44.0 Å². The zero-order valence-electron chi connectivity index (χ0n) is 18.7. The maximum atomic E-state index is 14.0. The van der Waals surface area contributed by atoms with Gasteiger partial charge in [0.05, 0.1) is 29.3 Å². The quantitative estimate of drug-likeness (QED) is 0.596. The lowest BCUT2D eigenvalue weighted by atomic mass is 9.84. The number of aryl methyl sites for hydroxylation is 1. The lowest BCUT2D eigenvalue weighted by Crippen LogP contribution is -2.47. The zero-order valence-corrected chi connectivity index (χ0v) is 19.5. The summed E-state index contributed by atoms with van der Waals surface area (Å²) in [6, 6.07) is 12.2. The minimum absolute atomic E-state index is 0.0221. The average molecular weight is 453 g/mol. The van der Waals surface area contributed by atoms with Crippen molar-refractivity contribution >= 4 is 26.7 Å². The van der Waals surface area contributed by atoms with Crippen LogP contribution in [0.4, 0.5) is 0 Å². The van der Waals surface area contributed by atoms with Crippen LogP contribution in [0.1, 0.15) is 42.6 Å². The molecule has 7 heteroatoms. The number of hydrogen-bond donors (Lipinski definition) is 0. The molecule has 1 fully saturated rings. The number of fused-ring (bicyclic) bond motifs is 5. The third-order valence-electron chi connectivity index (χ3n) is 7.03. The normalized spacial score (nSPS) is 21.4. The van der Waals surface area contributed by atoms with E-state index in [4.69, 9.17) is 4.74 Å². The van der Waals surface area contributed by atoms with Crippen LogP contribution in [-0.4, -0.2) is 43.3 Å². The van der Waals surface area contributed by atoms with Crippen LogP contribution in [0.3, 0.4) is 0 Å². The molecule has 0 radical (unpaired) electrons. The number of Topliss-reactive ketones (excluding diaryl/α,β-unsaturated/α-hetero) is 1. The zero-order chi connectivity index (χ0) is 22.6. The Balaban J connectivity index is 1.80. The predicted molar refractivity (Wildman–Crippen MR) is 124 cm³/mol. The number of aromatic nitrogens is 1. The molecule has 0 amide bonds. The van der Waals surface area contributed by atoms with Crippen LogP contribution in [0.15, 0.2) is 47.4 Å². The van der Waals surface area contributed by atoms with Gasteiger partial charge in [0.15, 0.2) is 0 Å². The van der Waals surface area contributed by atoms with E-state index >= 15 is 0 Å². The fraction of sp³-hybridized carbons (Fsp3) is 0.400. The highest BCUT2D eigenvalue weighted by Crippen LogP contribution is 2.45. The minimum atomic E-state index is -3.87. The van der Waals surface area contributed by atoms with E-state index in [1.807, 2.05) is 44.2 Å². The van der Waals surface area contributed by atoms with Crippen molar-refractivity contribution in [2.75, 3.05) is 20.2 Å². The van der Waals surface area contributed by atoms with E-state index in [-0.39, 0.29) is 22.6 Å². The largest absolute Gasteiger partial charge is 0.496 e. The Morgan fingerprint density at radius 3 is 2.56 bits per heavy atom. The van der Waals surface area contributed by atoms with Crippen molar-refractivity contribution in [1.82, 2.24) is 8.87 Å². The molecule has 2 aromatic carbocycles. The highest BCUT2D eigenvalue weighted by atomic mass is 32.2. The van der Waals surface area contributed by atoms with Crippen molar-refractivity contribution < 1.29 is 17.9 Å². The summed E-state index contributed by atoms with van der Waals surface area (Å²) < 4.78 is 35.1. The molecule has 0 saturated carbocycles. The molecule has 0 N–H and O–H groups in total. The van der Waals surface area contributed by atoms with Gasteiger partial charge in [0.1, 0.15) is 11.5 Å². The number of carbonyl (C=O) groups excluding carboxylic acids is 1. The van der Waals surface area contributed by atoms with Gasteiger partial charge in [-0.25, -0.2) is 12.4 Å². The highest BCUT2D eigenvalue weighted by Gasteiger charge is 2.42. The first-order valence-corrected chi connectivity index (χ1v) is 12.6. The molecule has 0 unspecified atom stereocenters. The molecule has 0 bridgehead atoms. The van der Waals surface area contributed by atoms with Gasteiger partial charge in [0.25, 0.3) is 10.0 Å². The van der Waals surface area contributed by atoms with Gasteiger partial charge in [-0.05, 0) is 49.6 Å². The van der Waals surface area contributed by atoms with E-state index in [1.54, 1.807) is 19.2 Å². The number of rotatable bonds is 4. The number of methoxy groups -OCH3 is 1. The molecule has 1 saturated heterocycles. The molecule has 2 aliphatic rings. The van der Waals surface area contributed by atoms with Crippen LogP contribution in [0, 0.1) is 12.8 Å². The summed E-state index contributed by atoms with van der Waals surface area (Å²) >= 11 is 0. The van der Waals surface area contributed by atoms with Crippen LogP contribution >= 0.6 is 0 Å². The molecule has 168 valence electrons. The Morgan fingerprint density at radius 1 is 1.12 bits per heavy atom. The molecule has 1 aromatic heterocycles. The molecule has 2 atom stereocenters. The van der Waals surface area contributed by atoms with Crippen LogP contribution in [0.25, 0.3) is 10.9 Å². The summed E-state index contributed by atoms with van der Waals surface area (Å²) in [4.78, 5) is 15.4. The monoisotopic (exact) mass is 452 g/mol. The molecule has 0 aliphatic carbocycles. The fourth-order valence-corrected chi connectivity index (χ4v) is 6.93. The number of nitrogens with zero attached hydrogens (tertiary/aromatic N) is 2. The second-order valence-corrected chi connectivity index (χ2v) is 10.6. The fourth-order valence-electron chi connectivity index (χ4n) is 5.33. The summed E-state index contributed by atoms with van der Waals surface area (Å²) in [5.74, 6) is 0.908. The topological polar surface area (TPSA) is 68.6 Å². The number of ether oxygens (including phenoxy) is 1. The Kier molecular flexibility index (Phi) is 5.13. The van der Waals surface area contributed by atoms with Gasteiger partial charge < -0.3 is 4.74 Å². The first-order valence-electron chi connectivity index (χ1n) is 11.2. The SMILES string of the molecule is CC[C@H]1CN2CCc3c(n(S(=O)(=O)c4ccc(C)cc4)c4cccc(OC)c34)[C@H]2CC1=O. The molecule has 3 aromatic rings. The van der Waals surface area contributed by atoms with Gasteiger partial charge in [0.2, 0.25) is 0 Å². The summed E-state index contributed by atoms with van der Waals surface area (Å²) in [5.41, 5.74) is 3.32. The van der Waals surface area contributed by atoms with E-state index in [9.17, 15) is 13.2 Å². The van der Waals surface area contributed by atoms with E-state index in [1.165, 1.54) is 3.97 Å². The van der Waals surface area contributed by atoms with Crippen LogP contribution in [0.2, 0.25) is 0 Å². The Labute approximate surface area is 188 Å². The second-order valence-electron chi connectivity index (χ2n) is 8.84. The maximum Gasteiger partial charge on any atom is 0.268 e. The third-order valence-corrected chi connectivity index (χ3v) is 8.78. The molecular formula is C25H28N2O4S. The molecule has 6 nitrogen and oxygen atoms in total. The van der Waals surface area contributed by atoms with E-state index in [0.29, 0.717) is 24.2 Å². The van der Waals surface area contributed by atoms with Crippen LogP contribution in [0.5, 0.6) is 5.75 Å². The molecule has 32 heavy (non-hydrogen) atoms. The lowest BCUT2D eigenvalue weighted by molar-refractivity contribution is -0.129. The van der Waals surface area contributed by atoms with Crippen LogP contribution in [-0.2, 0) is 21.2 Å². The smallest absolute Gasteiger partial charge is 0.268 e. The number of ketones is 1. The Morgan fingerprint density at radius 2 is 1.88 bits per heavy atom. The van der Waals surface area contributed by atoms with Crippen molar-refractivity contribution in [2.24, 2.45) is 5.92 Å². The van der Waals surface area contributed by atoms with Gasteiger partial charge in [-0.15, -0.1) is 0 Å². The maximum absolute atomic E-state index is 14.0. The molecule has 5 rings (SSSR count). The third kappa shape index (κ3) is 3.10. The predicted octanol–water partition coefficient (Wildman–Crippen LogP) is 4.09. The molecular weight excluding hydrogens is 424 g/mol. The summed E-state index contributed by atoms with van der Waals surface area (Å²) in [6.45, 7) is 5.47. The lowest BCUT2D eigenvalue weighted by Gasteiger charge is -2.42. The van der Waals surface area contributed by atoms with Crippen molar-refractivity contribution in [1.29, 1.82) is 0 Å². The van der Waals surface area contributed by atoms with Crippen LogP contribution < -0.4 is 4.74 Å². The average Bonchev–Trinajstić information content (AvgIpc) is 3.14. The Hall–Kier alpha value is -2.64. The van der Waals surface area contributed by atoms with Gasteiger partial charge in [0, 0.05) is 30.8 Å². The first-order chi connectivity index (χ1) is 15.4.